The minimum atomic E-state index is -0.590. The van der Waals surface area contributed by atoms with Crippen molar-refractivity contribution in [1.29, 1.82) is 0 Å². The highest BCUT2D eigenvalue weighted by atomic mass is 16.6. The van der Waals surface area contributed by atoms with Gasteiger partial charge in [-0.1, -0.05) is 34.6 Å². The Bertz CT molecular complexity index is 875. The van der Waals surface area contributed by atoms with Gasteiger partial charge in [0.1, 0.15) is 19.4 Å². The number of carbonyl (C=O) groups is 1. The van der Waals surface area contributed by atoms with E-state index in [0.717, 1.165) is 22.5 Å². The van der Waals surface area contributed by atoms with Crippen molar-refractivity contribution in [3.8, 4) is 0 Å². The van der Waals surface area contributed by atoms with Crippen molar-refractivity contribution in [2.45, 2.75) is 27.4 Å². The lowest BCUT2D eigenvalue weighted by molar-refractivity contribution is -0.132. The zero-order valence-corrected chi connectivity index (χ0v) is 16.1. The van der Waals surface area contributed by atoms with Crippen LogP contribution in [0.25, 0.3) is 0 Å². The third-order valence-electron chi connectivity index (χ3n) is 3.90. The van der Waals surface area contributed by atoms with E-state index in [1.807, 2.05) is 51.1 Å². The lowest BCUT2D eigenvalue weighted by Gasteiger charge is -2.12. The molecular weight excluding hydrogens is 346 g/mol. The van der Waals surface area contributed by atoms with Crippen molar-refractivity contribution >= 4 is 17.4 Å². The molecule has 0 atom stereocenters. The first-order valence-corrected chi connectivity index (χ1v) is 8.36. The molecule has 0 unspecified atom stereocenters. The third-order valence-corrected chi connectivity index (χ3v) is 3.90. The summed E-state index contributed by atoms with van der Waals surface area (Å²) in [7, 11) is 2.67. The van der Waals surface area contributed by atoms with Gasteiger partial charge in [-0.2, -0.15) is 0 Å². The number of aromatic nitrogens is 1. The smallest absolute Gasteiger partial charge is 0.360 e. The van der Waals surface area contributed by atoms with Crippen LogP contribution in [0.2, 0.25) is 0 Å². The Hall–Kier alpha value is -3.22. The summed E-state index contributed by atoms with van der Waals surface area (Å²) in [5, 5.41) is 7.96. The molecule has 142 valence electrons. The van der Waals surface area contributed by atoms with Gasteiger partial charge >= 0.3 is 5.97 Å². The Morgan fingerprint density at radius 1 is 1.07 bits per heavy atom. The maximum absolute atomic E-state index is 12.1. The number of rotatable bonds is 7. The van der Waals surface area contributed by atoms with E-state index >= 15 is 0 Å². The van der Waals surface area contributed by atoms with E-state index in [1.54, 1.807) is 6.07 Å². The highest BCUT2D eigenvalue weighted by Crippen LogP contribution is 2.18. The molecule has 0 N–H and O–H groups in total. The molecule has 2 aromatic rings. The van der Waals surface area contributed by atoms with Gasteiger partial charge in [0.25, 0.3) is 0 Å². The van der Waals surface area contributed by atoms with E-state index in [1.165, 1.54) is 14.2 Å². The van der Waals surface area contributed by atoms with Gasteiger partial charge in [-0.05, 0) is 38.5 Å². The van der Waals surface area contributed by atoms with E-state index in [9.17, 15) is 4.79 Å². The molecule has 0 saturated heterocycles. The van der Waals surface area contributed by atoms with Crippen LogP contribution in [0, 0.1) is 13.8 Å². The van der Waals surface area contributed by atoms with Gasteiger partial charge in [-0.3, -0.25) is 4.98 Å². The largest absolute Gasteiger partial charge is 0.464 e. The highest BCUT2D eigenvalue weighted by molar-refractivity contribution is 6.43. The minimum absolute atomic E-state index is 0.0725. The number of benzene rings is 1. The molecule has 0 aliphatic heterocycles. The van der Waals surface area contributed by atoms with Gasteiger partial charge in [0.05, 0.1) is 12.8 Å². The van der Waals surface area contributed by atoms with Crippen LogP contribution in [0.3, 0.4) is 0 Å². The molecular formula is C20H23N3O4. The molecule has 2 rings (SSSR count). The van der Waals surface area contributed by atoms with Crippen molar-refractivity contribution in [2.24, 2.45) is 10.3 Å². The van der Waals surface area contributed by atoms with Crippen LogP contribution in [0.4, 0.5) is 0 Å². The Balaban J connectivity index is 2.27. The number of ether oxygens (including phenoxy) is 1. The SMILES string of the molecule is CO/N=C(/C(=O)OC)c1cccc(C)c1CO/N=C(\C)c1cccc(C)n1. The number of methoxy groups -OCH3 is 1. The Morgan fingerprint density at radius 2 is 1.81 bits per heavy atom. The molecule has 1 aromatic heterocycles. The quantitative estimate of drug-likeness (QED) is 0.425. The van der Waals surface area contributed by atoms with Crippen LogP contribution in [0.1, 0.15) is 35.0 Å². The summed E-state index contributed by atoms with van der Waals surface area (Å²) >= 11 is 0. The number of aryl methyl sites for hydroxylation is 2. The van der Waals surface area contributed by atoms with Gasteiger partial charge in [-0.15, -0.1) is 0 Å². The summed E-state index contributed by atoms with van der Waals surface area (Å²) in [6.07, 6.45) is 0. The van der Waals surface area contributed by atoms with Gasteiger partial charge in [-0.25, -0.2) is 4.79 Å². The molecule has 0 radical (unpaired) electrons. The first-order chi connectivity index (χ1) is 13.0. The summed E-state index contributed by atoms with van der Waals surface area (Å²) in [5.41, 5.74) is 4.66. The second-order valence-corrected chi connectivity index (χ2v) is 5.83. The summed E-state index contributed by atoms with van der Waals surface area (Å²) in [4.78, 5) is 26.8. The monoisotopic (exact) mass is 369 g/mol. The molecule has 0 bridgehead atoms. The Morgan fingerprint density at radius 3 is 2.48 bits per heavy atom. The zero-order chi connectivity index (χ0) is 19.8. The lowest BCUT2D eigenvalue weighted by atomic mass is 9.99. The van der Waals surface area contributed by atoms with E-state index in [-0.39, 0.29) is 12.3 Å². The molecule has 0 aliphatic carbocycles. The molecule has 0 spiro atoms. The Labute approximate surface area is 158 Å². The highest BCUT2D eigenvalue weighted by Gasteiger charge is 2.20. The Kier molecular flexibility index (Phi) is 7.05. The third kappa shape index (κ3) is 5.13. The van der Waals surface area contributed by atoms with Gasteiger partial charge in [0, 0.05) is 16.8 Å². The lowest BCUT2D eigenvalue weighted by Crippen LogP contribution is -2.20. The van der Waals surface area contributed by atoms with Gasteiger partial charge in [0.15, 0.2) is 5.71 Å². The van der Waals surface area contributed by atoms with E-state index < -0.39 is 5.97 Å². The number of pyridine rings is 1. The van der Waals surface area contributed by atoms with Crippen molar-refractivity contribution in [2.75, 3.05) is 14.2 Å². The van der Waals surface area contributed by atoms with E-state index in [2.05, 4.69) is 15.3 Å². The maximum Gasteiger partial charge on any atom is 0.360 e. The molecule has 0 fully saturated rings. The van der Waals surface area contributed by atoms with Crippen LogP contribution in [-0.2, 0) is 25.8 Å². The molecule has 1 aromatic carbocycles. The molecule has 1 heterocycles. The summed E-state index contributed by atoms with van der Waals surface area (Å²) < 4.78 is 4.80. The van der Waals surface area contributed by atoms with Crippen molar-refractivity contribution < 1.29 is 19.2 Å². The van der Waals surface area contributed by atoms with Crippen LogP contribution >= 0.6 is 0 Å². The predicted molar refractivity (Wildman–Crippen MR) is 103 cm³/mol. The second kappa shape index (κ2) is 9.47. The van der Waals surface area contributed by atoms with Crippen LogP contribution < -0.4 is 0 Å². The fraction of sp³-hybridized carbons (Fsp3) is 0.300. The average Bonchev–Trinajstić information content (AvgIpc) is 2.66. The van der Waals surface area contributed by atoms with Gasteiger partial charge in [0.2, 0.25) is 0 Å². The number of hydrogen-bond acceptors (Lipinski definition) is 7. The zero-order valence-electron chi connectivity index (χ0n) is 16.1. The maximum atomic E-state index is 12.1. The second-order valence-electron chi connectivity index (χ2n) is 5.83. The summed E-state index contributed by atoms with van der Waals surface area (Å²) in [6, 6.07) is 11.2. The minimum Gasteiger partial charge on any atom is -0.464 e. The summed E-state index contributed by atoms with van der Waals surface area (Å²) in [6.45, 7) is 5.82. The molecule has 7 nitrogen and oxygen atoms in total. The van der Waals surface area contributed by atoms with Crippen LogP contribution in [0.15, 0.2) is 46.7 Å². The topological polar surface area (TPSA) is 82.4 Å². The number of nitrogens with zero attached hydrogens (tertiary/aromatic N) is 3. The molecule has 0 aliphatic rings. The number of carbonyl (C=O) groups excluding carboxylic acids is 1. The fourth-order valence-corrected chi connectivity index (χ4v) is 2.49. The molecule has 7 heteroatoms. The molecule has 0 saturated carbocycles. The van der Waals surface area contributed by atoms with Crippen LogP contribution in [-0.4, -0.2) is 36.6 Å². The number of hydrogen-bond donors (Lipinski definition) is 0. The van der Waals surface area contributed by atoms with E-state index in [4.69, 9.17) is 14.4 Å². The average molecular weight is 369 g/mol. The molecule has 0 amide bonds. The number of oxime groups is 2. The summed E-state index contributed by atoms with van der Waals surface area (Å²) in [5.74, 6) is -0.590. The first kappa shape index (κ1) is 20.1. The van der Waals surface area contributed by atoms with E-state index in [0.29, 0.717) is 11.3 Å². The molecule has 27 heavy (non-hydrogen) atoms. The van der Waals surface area contributed by atoms with Crippen LogP contribution in [0.5, 0.6) is 0 Å². The van der Waals surface area contributed by atoms with Gasteiger partial charge < -0.3 is 14.4 Å². The predicted octanol–water partition coefficient (Wildman–Crippen LogP) is 3.16. The van der Waals surface area contributed by atoms with Crippen molar-refractivity contribution in [1.82, 2.24) is 4.98 Å². The number of esters is 1. The first-order valence-electron chi connectivity index (χ1n) is 8.36. The van der Waals surface area contributed by atoms with Crippen molar-refractivity contribution in [3.05, 3.63) is 64.5 Å². The normalized spacial score (nSPS) is 11.9. The fourth-order valence-electron chi connectivity index (χ4n) is 2.49. The standard InChI is InChI=1S/C20H23N3O4/c1-13-8-6-10-16(19(23-26-5)20(24)25-4)17(13)12-27-22-15(3)18-11-7-9-14(2)21-18/h6-11H,12H2,1-5H3/b22-15+,23-19+. The van der Waals surface area contributed by atoms with Crippen molar-refractivity contribution in [3.63, 3.8) is 0 Å².